The number of carbonyl (C=O) groups excluding carboxylic acids is 2. The first kappa shape index (κ1) is 25.9. The van der Waals surface area contributed by atoms with Gasteiger partial charge in [-0.3, -0.25) is 0 Å². The van der Waals surface area contributed by atoms with Crippen molar-refractivity contribution in [3.8, 4) is 5.75 Å². The number of aliphatic hydroxyl groups excluding tert-OH is 1. The molecule has 1 aliphatic heterocycles. The third-order valence-corrected chi connectivity index (χ3v) is 5.12. The zero-order valence-corrected chi connectivity index (χ0v) is 19.5. The zero-order valence-electron chi connectivity index (χ0n) is 19.5. The van der Waals surface area contributed by atoms with Crippen molar-refractivity contribution in [2.45, 2.75) is 70.0 Å². The second-order valence-electron chi connectivity index (χ2n) is 8.78. The quantitative estimate of drug-likeness (QED) is 0.282. The fourth-order valence-electron chi connectivity index (χ4n) is 3.47. The SMILES string of the molecule is COC(=O)[C@H](C[C@@]1(CCCOCc2ccc(OC)cc2)O[C@H]1CO)NC(=O)OC(C)(C)C. The van der Waals surface area contributed by atoms with Crippen LogP contribution < -0.4 is 10.1 Å². The summed E-state index contributed by atoms with van der Waals surface area (Å²) in [4.78, 5) is 24.4. The molecular weight excluding hydrogens is 418 g/mol. The maximum Gasteiger partial charge on any atom is 0.408 e. The van der Waals surface area contributed by atoms with Gasteiger partial charge in [0.1, 0.15) is 23.5 Å². The van der Waals surface area contributed by atoms with Gasteiger partial charge in [-0.1, -0.05) is 12.1 Å². The monoisotopic (exact) mass is 453 g/mol. The van der Waals surface area contributed by atoms with Crippen LogP contribution in [0.1, 0.15) is 45.6 Å². The van der Waals surface area contributed by atoms with E-state index in [0.29, 0.717) is 26.1 Å². The van der Waals surface area contributed by atoms with Crippen molar-refractivity contribution in [3.63, 3.8) is 0 Å². The summed E-state index contributed by atoms with van der Waals surface area (Å²) in [6, 6.07) is 6.68. The molecule has 0 bridgehead atoms. The molecule has 1 aliphatic rings. The number of amides is 1. The summed E-state index contributed by atoms with van der Waals surface area (Å²) in [7, 11) is 2.87. The number of alkyl carbamates (subject to hydrolysis) is 1. The van der Waals surface area contributed by atoms with E-state index in [0.717, 1.165) is 11.3 Å². The lowest BCUT2D eigenvalue weighted by molar-refractivity contribution is -0.143. The van der Waals surface area contributed by atoms with E-state index >= 15 is 0 Å². The van der Waals surface area contributed by atoms with Crippen molar-refractivity contribution in [2.24, 2.45) is 0 Å². The molecule has 3 atom stereocenters. The number of esters is 1. The van der Waals surface area contributed by atoms with Crippen molar-refractivity contribution in [2.75, 3.05) is 27.4 Å². The molecule has 0 aromatic heterocycles. The highest BCUT2D eigenvalue weighted by Crippen LogP contribution is 2.44. The van der Waals surface area contributed by atoms with E-state index in [2.05, 4.69) is 5.32 Å². The molecule has 9 nitrogen and oxygen atoms in total. The molecule has 0 spiro atoms. The van der Waals surface area contributed by atoms with Crippen LogP contribution >= 0.6 is 0 Å². The highest BCUT2D eigenvalue weighted by molar-refractivity contribution is 5.81. The van der Waals surface area contributed by atoms with Crippen molar-refractivity contribution in [1.29, 1.82) is 0 Å². The standard InChI is InChI=1S/C23H35NO8/c1-22(2,3)32-21(27)24-18(20(26)29-5)13-23(19(14-25)31-23)11-6-12-30-15-16-7-9-17(28-4)10-8-16/h7-10,18-19,25H,6,11-15H2,1-5H3,(H,24,27)/t18-,19-,23+/m0/s1. The lowest BCUT2D eigenvalue weighted by atomic mass is 9.91. The number of hydrogen-bond acceptors (Lipinski definition) is 8. The smallest absolute Gasteiger partial charge is 0.408 e. The summed E-state index contributed by atoms with van der Waals surface area (Å²) in [5, 5.41) is 12.1. The van der Waals surface area contributed by atoms with Gasteiger partial charge in [0.25, 0.3) is 0 Å². The number of ether oxygens (including phenoxy) is 5. The molecule has 0 radical (unpaired) electrons. The number of nitrogens with one attached hydrogen (secondary N) is 1. The van der Waals surface area contributed by atoms with Crippen LogP contribution in [0.3, 0.4) is 0 Å². The lowest BCUT2D eigenvalue weighted by Crippen LogP contribution is -2.46. The average molecular weight is 454 g/mol. The van der Waals surface area contributed by atoms with Gasteiger partial charge >= 0.3 is 12.1 Å². The Bertz CT molecular complexity index is 745. The first-order valence-electron chi connectivity index (χ1n) is 10.7. The average Bonchev–Trinajstić information content (AvgIpc) is 3.44. The predicted molar refractivity (Wildman–Crippen MR) is 116 cm³/mol. The fourth-order valence-corrected chi connectivity index (χ4v) is 3.47. The van der Waals surface area contributed by atoms with E-state index in [1.165, 1.54) is 7.11 Å². The van der Waals surface area contributed by atoms with Crippen molar-refractivity contribution >= 4 is 12.1 Å². The topological polar surface area (TPSA) is 116 Å². The molecule has 1 saturated heterocycles. The summed E-state index contributed by atoms with van der Waals surface area (Å²) in [5.41, 5.74) is -0.400. The molecule has 1 amide bonds. The minimum absolute atomic E-state index is 0.169. The summed E-state index contributed by atoms with van der Waals surface area (Å²) in [6.07, 6.45) is 0.267. The molecule has 9 heteroatoms. The normalized spacial score (nSPS) is 20.9. The highest BCUT2D eigenvalue weighted by Gasteiger charge is 2.57. The molecule has 180 valence electrons. The molecular formula is C23H35NO8. The van der Waals surface area contributed by atoms with E-state index in [-0.39, 0.29) is 13.0 Å². The van der Waals surface area contributed by atoms with Crippen LogP contribution in [-0.2, 0) is 30.3 Å². The van der Waals surface area contributed by atoms with Gasteiger partial charge in [0.05, 0.1) is 33.0 Å². The van der Waals surface area contributed by atoms with E-state index in [9.17, 15) is 14.7 Å². The third-order valence-electron chi connectivity index (χ3n) is 5.12. The summed E-state index contributed by atoms with van der Waals surface area (Å²) >= 11 is 0. The predicted octanol–water partition coefficient (Wildman–Crippen LogP) is 2.58. The molecule has 1 fully saturated rings. The van der Waals surface area contributed by atoms with Crippen LogP contribution in [0.15, 0.2) is 24.3 Å². The van der Waals surface area contributed by atoms with E-state index in [4.69, 9.17) is 23.7 Å². The van der Waals surface area contributed by atoms with Crippen LogP contribution in [0.2, 0.25) is 0 Å². The minimum Gasteiger partial charge on any atom is -0.497 e. The zero-order chi connectivity index (χ0) is 23.8. The largest absolute Gasteiger partial charge is 0.497 e. The van der Waals surface area contributed by atoms with Crippen LogP contribution in [0.4, 0.5) is 4.79 Å². The molecule has 2 rings (SSSR count). The summed E-state index contributed by atoms with van der Waals surface area (Å²) < 4.78 is 26.7. The Morgan fingerprint density at radius 2 is 1.91 bits per heavy atom. The first-order chi connectivity index (χ1) is 15.1. The van der Waals surface area contributed by atoms with Gasteiger partial charge < -0.3 is 34.1 Å². The number of aliphatic hydroxyl groups is 1. The molecule has 1 aromatic carbocycles. The maximum atomic E-state index is 12.2. The van der Waals surface area contributed by atoms with E-state index < -0.39 is 35.4 Å². The molecule has 0 unspecified atom stereocenters. The van der Waals surface area contributed by atoms with Crippen molar-refractivity contribution < 1.29 is 38.4 Å². The second-order valence-corrected chi connectivity index (χ2v) is 8.78. The van der Waals surface area contributed by atoms with Gasteiger partial charge in [0, 0.05) is 13.0 Å². The van der Waals surface area contributed by atoms with Gasteiger partial charge in [0.15, 0.2) is 0 Å². The number of hydrogen-bond donors (Lipinski definition) is 2. The Kier molecular flexibility index (Phi) is 9.30. The molecule has 32 heavy (non-hydrogen) atoms. The highest BCUT2D eigenvalue weighted by atomic mass is 16.6. The van der Waals surface area contributed by atoms with E-state index in [1.54, 1.807) is 27.9 Å². The van der Waals surface area contributed by atoms with Crippen LogP contribution in [0.25, 0.3) is 0 Å². The fraction of sp³-hybridized carbons (Fsp3) is 0.652. The Hall–Kier alpha value is -2.36. The van der Waals surface area contributed by atoms with Gasteiger partial charge in [-0.15, -0.1) is 0 Å². The van der Waals surface area contributed by atoms with Crippen molar-refractivity contribution in [3.05, 3.63) is 29.8 Å². The first-order valence-corrected chi connectivity index (χ1v) is 10.7. The van der Waals surface area contributed by atoms with Crippen molar-refractivity contribution in [1.82, 2.24) is 5.32 Å². The molecule has 0 saturated carbocycles. The maximum absolute atomic E-state index is 12.2. The number of methoxy groups -OCH3 is 2. The number of carbonyl (C=O) groups is 2. The Balaban J connectivity index is 1.87. The lowest BCUT2D eigenvalue weighted by Gasteiger charge is -2.24. The van der Waals surface area contributed by atoms with Crippen LogP contribution in [0, 0.1) is 0 Å². The Labute approximate surface area is 189 Å². The van der Waals surface area contributed by atoms with Gasteiger partial charge in [-0.25, -0.2) is 9.59 Å². The summed E-state index contributed by atoms with van der Waals surface area (Å²) in [5.74, 6) is 0.190. The van der Waals surface area contributed by atoms with Gasteiger partial charge in [-0.2, -0.15) is 0 Å². The molecule has 1 aromatic rings. The van der Waals surface area contributed by atoms with Crippen LogP contribution in [0.5, 0.6) is 5.75 Å². The Morgan fingerprint density at radius 1 is 1.22 bits per heavy atom. The number of rotatable bonds is 12. The summed E-state index contributed by atoms with van der Waals surface area (Å²) in [6.45, 7) is 5.98. The van der Waals surface area contributed by atoms with Crippen LogP contribution in [-0.4, -0.2) is 68.0 Å². The Morgan fingerprint density at radius 3 is 2.44 bits per heavy atom. The molecule has 0 aliphatic carbocycles. The molecule has 2 N–H and O–H groups in total. The molecule has 1 heterocycles. The second kappa shape index (κ2) is 11.5. The van der Waals surface area contributed by atoms with E-state index in [1.807, 2.05) is 24.3 Å². The number of epoxide rings is 1. The van der Waals surface area contributed by atoms with Gasteiger partial charge in [0.2, 0.25) is 0 Å². The van der Waals surface area contributed by atoms with Gasteiger partial charge in [-0.05, 0) is 51.3 Å². The number of benzene rings is 1. The minimum atomic E-state index is -0.952. The third kappa shape index (κ3) is 7.96.